The second-order valence-electron chi connectivity index (χ2n) is 2.87. The molecule has 0 rings (SSSR count). The number of hydrogen-bond donors (Lipinski definition) is 1. The van der Waals surface area contributed by atoms with Crippen molar-refractivity contribution in [2.45, 2.75) is 6.92 Å². The van der Waals surface area contributed by atoms with Crippen LogP contribution in [0.25, 0.3) is 0 Å². The molecule has 0 saturated carbocycles. The van der Waals surface area contributed by atoms with Crippen LogP contribution < -0.4 is 5.73 Å². The molecule has 2 N–H and O–H groups in total. The van der Waals surface area contributed by atoms with Gasteiger partial charge in [0.15, 0.2) is 0 Å². The Bertz CT molecular complexity index is 380. The number of rotatable bonds is 6. The van der Waals surface area contributed by atoms with Gasteiger partial charge in [0.2, 0.25) is 0 Å². The molecule has 16 heavy (non-hydrogen) atoms. The van der Waals surface area contributed by atoms with Gasteiger partial charge in [-0.1, -0.05) is 50.1 Å². The highest BCUT2D eigenvalue weighted by atomic mass is 14.9. The smallest absolute Gasteiger partial charge is 0.123 e. The summed E-state index contributed by atoms with van der Waals surface area (Å²) in [5.74, 6) is 0.374. The average molecular weight is 214 g/mol. The molecule has 0 aromatic carbocycles. The standard InChI is InChI=1S/C14H18N2/c1-5-9-11-12(7-3)13(10-6-2)16-14(15)8-4/h5-11H,1-2,4H2,3H3,(H2,15,16)/b11-9-,12-7+,13-10-. The van der Waals surface area contributed by atoms with E-state index in [1.54, 1.807) is 18.2 Å². The fourth-order valence-corrected chi connectivity index (χ4v) is 0.996. The Morgan fingerprint density at radius 1 is 1.19 bits per heavy atom. The molecule has 2 nitrogen and oxygen atoms in total. The molecule has 0 bridgehead atoms. The molecule has 2 heteroatoms. The Morgan fingerprint density at radius 3 is 2.31 bits per heavy atom. The van der Waals surface area contributed by atoms with E-state index in [-0.39, 0.29) is 0 Å². The molecule has 0 aromatic heterocycles. The predicted molar refractivity (Wildman–Crippen MR) is 73.2 cm³/mol. The Kier molecular flexibility index (Phi) is 7.16. The highest BCUT2D eigenvalue weighted by molar-refractivity contribution is 5.92. The number of amidine groups is 1. The van der Waals surface area contributed by atoms with Gasteiger partial charge < -0.3 is 5.73 Å². The first-order valence-electron chi connectivity index (χ1n) is 4.94. The van der Waals surface area contributed by atoms with Gasteiger partial charge >= 0.3 is 0 Å². The van der Waals surface area contributed by atoms with Crippen LogP contribution in [0.3, 0.4) is 0 Å². The quantitative estimate of drug-likeness (QED) is 0.411. The minimum atomic E-state index is 0.374. The van der Waals surface area contributed by atoms with Crippen molar-refractivity contribution in [2.75, 3.05) is 0 Å². The second kappa shape index (κ2) is 8.24. The third-order valence-corrected chi connectivity index (χ3v) is 1.75. The van der Waals surface area contributed by atoms with Crippen LogP contribution in [0.1, 0.15) is 6.92 Å². The normalized spacial score (nSPS) is 13.9. The van der Waals surface area contributed by atoms with Gasteiger partial charge in [-0.2, -0.15) is 0 Å². The fourth-order valence-electron chi connectivity index (χ4n) is 0.996. The molecule has 0 unspecified atom stereocenters. The SMILES string of the molecule is C=C\C=C/C(=C\C)C(=C/C=C)/N=C(N)C=C. The van der Waals surface area contributed by atoms with E-state index in [9.17, 15) is 0 Å². The summed E-state index contributed by atoms with van der Waals surface area (Å²) in [6.07, 6.45) is 12.3. The van der Waals surface area contributed by atoms with E-state index >= 15 is 0 Å². The lowest BCUT2D eigenvalue weighted by molar-refractivity contribution is 1.32. The minimum Gasteiger partial charge on any atom is -0.384 e. The lowest BCUT2D eigenvalue weighted by atomic mass is 10.1. The van der Waals surface area contributed by atoms with Crippen molar-refractivity contribution in [3.05, 3.63) is 73.5 Å². The zero-order valence-corrected chi connectivity index (χ0v) is 9.69. The summed E-state index contributed by atoms with van der Waals surface area (Å²) in [6, 6.07) is 0. The lowest BCUT2D eigenvalue weighted by Crippen LogP contribution is -2.07. The number of nitrogens with zero attached hydrogens (tertiary/aromatic N) is 1. The molecule has 0 fully saturated rings. The number of hydrogen-bond acceptors (Lipinski definition) is 1. The van der Waals surface area contributed by atoms with Crippen molar-refractivity contribution in [1.82, 2.24) is 0 Å². The zero-order valence-electron chi connectivity index (χ0n) is 9.69. The first-order valence-corrected chi connectivity index (χ1v) is 4.94. The van der Waals surface area contributed by atoms with E-state index in [0.29, 0.717) is 5.84 Å². The molecule has 0 atom stereocenters. The van der Waals surface area contributed by atoms with Crippen molar-refractivity contribution >= 4 is 5.84 Å². The average Bonchev–Trinajstić information content (AvgIpc) is 2.30. The van der Waals surface area contributed by atoms with E-state index in [2.05, 4.69) is 24.7 Å². The number of aliphatic imine (C=N–C) groups is 1. The van der Waals surface area contributed by atoms with Gasteiger partial charge in [-0.15, -0.1) is 0 Å². The molecular weight excluding hydrogens is 196 g/mol. The van der Waals surface area contributed by atoms with E-state index < -0.39 is 0 Å². The van der Waals surface area contributed by atoms with Crippen molar-refractivity contribution in [1.29, 1.82) is 0 Å². The largest absolute Gasteiger partial charge is 0.384 e. The number of allylic oxidation sites excluding steroid dienone is 6. The minimum absolute atomic E-state index is 0.374. The van der Waals surface area contributed by atoms with Gasteiger partial charge in [-0.25, -0.2) is 4.99 Å². The van der Waals surface area contributed by atoms with Crippen molar-refractivity contribution < 1.29 is 0 Å². The molecule has 84 valence electrons. The second-order valence-corrected chi connectivity index (χ2v) is 2.87. The molecule has 0 aliphatic carbocycles. The molecular formula is C14H18N2. The molecule has 0 aliphatic rings. The topological polar surface area (TPSA) is 38.4 Å². The highest BCUT2D eigenvalue weighted by Crippen LogP contribution is 2.13. The van der Waals surface area contributed by atoms with Crippen LogP contribution >= 0.6 is 0 Å². The molecule has 0 amide bonds. The van der Waals surface area contributed by atoms with Crippen LogP contribution in [0.15, 0.2) is 78.5 Å². The van der Waals surface area contributed by atoms with Gasteiger partial charge in [0.05, 0.1) is 5.70 Å². The monoisotopic (exact) mass is 214 g/mol. The molecule has 0 spiro atoms. The molecule has 0 radical (unpaired) electrons. The van der Waals surface area contributed by atoms with Crippen LogP contribution in [0.5, 0.6) is 0 Å². The van der Waals surface area contributed by atoms with Crippen molar-refractivity contribution in [2.24, 2.45) is 10.7 Å². The Hall–Kier alpha value is -2.09. The third-order valence-electron chi connectivity index (χ3n) is 1.75. The lowest BCUT2D eigenvalue weighted by Gasteiger charge is -2.02. The maximum Gasteiger partial charge on any atom is 0.123 e. The molecule has 0 saturated heterocycles. The summed E-state index contributed by atoms with van der Waals surface area (Å²) >= 11 is 0. The number of nitrogens with two attached hydrogens (primary N) is 1. The summed E-state index contributed by atoms with van der Waals surface area (Å²) in [5.41, 5.74) is 7.30. The molecule has 0 heterocycles. The first-order chi connectivity index (χ1) is 7.69. The van der Waals surface area contributed by atoms with Gasteiger partial charge in [0.25, 0.3) is 0 Å². The van der Waals surface area contributed by atoms with E-state index in [0.717, 1.165) is 11.3 Å². The Morgan fingerprint density at radius 2 is 1.88 bits per heavy atom. The van der Waals surface area contributed by atoms with Crippen molar-refractivity contribution in [3.63, 3.8) is 0 Å². The Labute approximate surface area is 97.6 Å². The summed E-state index contributed by atoms with van der Waals surface area (Å²) in [5, 5.41) is 0. The maximum atomic E-state index is 5.61. The van der Waals surface area contributed by atoms with Gasteiger partial charge in [0, 0.05) is 0 Å². The third kappa shape index (κ3) is 4.96. The summed E-state index contributed by atoms with van der Waals surface area (Å²) in [6.45, 7) is 12.8. The first kappa shape index (κ1) is 13.9. The van der Waals surface area contributed by atoms with Crippen LogP contribution in [0.2, 0.25) is 0 Å². The zero-order chi connectivity index (χ0) is 12.4. The van der Waals surface area contributed by atoms with Crippen LogP contribution in [0.4, 0.5) is 0 Å². The summed E-state index contributed by atoms with van der Waals surface area (Å²) in [7, 11) is 0. The predicted octanol–water partition coefficient (Wildman–Crippen LogP) is 3.29. The van der Waals surface area contributed by atoms with Crippen molar-refractivity contribution in [3.8, 4) is 0 Å². The van der Waals surface area contributed by atoms with Crippen LogP contribution in [-0.4, -0.2) is 5.84 Å². The molecule has 0 aromatic rings. The van der Waals surface area contributed by atoms with Crippen LogP contribution in [0, 0.1) is 0 Å². The van der Waals surface area contributed by atoms with Gasteiger partial charge in [0.1, 0.15) is 5.84 Å². The summed E-state index contributed by atoms with van der Waals surface area (Å²) in [4.78, 5) is 4.22. The fraction of sp³-hybridized carbons (Fsp3) is 0.0714. The summed E-state index contributed by atoms with van der Waals surface area (Å²) < 4.78 is 0. The van der Waals surface area contributed by atoms with Crippen LogP contribution in [-0.2, 0) is 0 Å². The van der Waals surface area contributed by atoms with E-state index in [1.807, 2.05) is 25.2 Å². The van der Waals surface area contributed by atoms with Gasteiger partial charge in [-0.05, 0) is 24.6 Å². The van der Waals surface area contributed by atoms with Gasteiger partial charge in [-0.3, -0.25) is 0 Å². The molecule has 0 aliphatic heterocycles. The van der Waals surface area contributed by atoms with E-state index in [1.165, 1.54) is 6.08 Å². The van der Waals surface area contributed by atoms with E-state index in [4.69, 9.17) is 5.73 Å². The Balaban J connectivity index is 5.27. The maximum absolute atomic E-state index is 5.61. The highest BCUT2D eigenvalue weighted by Gasteiger charge is 1.98.